The number of hydrogen-bond donors (Lipinski definition) is 1. The van der Waals surface area contributed by atoms with Crippen molar-refractivity contribution < 1.29 is 5.11 Å². The van der Waals surface area contributed by atoms with E-state index in [0.717, 1.165) is 22.1 Å². The highest BCUT2D eigenvalue weighted by Gasteiger charge is 2.26. The van der Waals surface area contributed by atoms with Gasteiger partial charge in [0.2, 0.25) is 0 Å². The van der Waals surface area contributed by atoms with Gasteiger partial charge in [-0.2, -0.15) is 11.8 Å². The van der Waals surface area contributed by atoms with Gasteiger partial charge < -0.3 is 5.11 Å². The largest absolute Gasteiger partial charge is 0.387 e. The third-order valence-corrected chi connectivity index (χ3v) is 4.94. The van der Waals surface area contributed by atoms with Gasteiger partial charge in [0.1, 0.15) is 0 Å². The van der Waals surface area contributed by atoms with Crippen LogP contribution in [-0.2, 0) is 0 Å². The molecule has 1 nitrogen and oxygen atoms in total. The van der Waals surface area contributed by atoms with Crippen LogP contribution in [0.1, 0.15) is 17.4 Å². The Balaban J connectivity index is 2.12. The van der Waals surface area contributed by atoms with E-state index in [-0.39, 0.29) is 6.10 Å². The fourth-order valence-electron chi connectivity index (χ4n) is 1.53. The highest BCUT2D eigenvalue weighted by atomic mass is 35.5. The number of aliphatic hydroxyl groups is 1. The summed E-state index contributed by atoms with van der Waals surface area (Å²) in [5.74, 6) is 2.64. The maximum absolute atomic E-state index is 10.0. The van der Waals surface area contributed by atoms with E-state index in [1.807, 2.05) is 23.2 Å². The van der Waals surface area contributed by atoms with Gasteiger partial charge in [-0.25, -0.2) is 0 Å². The van der Waals surface area contributed by atoms with E-state index in [0.29, 0.717) is 5.92 Å². The molecule has 1 saturated heterocycles. The van der Waals surface area contributed by atoms with Gasteiger partial charge in [-0.05, 0) is 35.3 Å². The molecule has 0 bridgehead atoms. The van der Waals surface area contributed by atoms with Crippen molar-refractivity contribution in [3.8, 4) is 0 Å². The summed E-state index contributed by atoms with van der Waals surface area (Å²) in [6.07, 6.45) is 0.766. The lowest BCUT2D eigenvalue weighted by Gasteiger charge is -2.15. The Bertz CT molecular complexity index is 281. The first-order chi connectivity index (χ1) is 6.29. The van der Waals surface area contributed by atoms with Gasteiger partial charge in [0, 0.05) is 0 Å². The van der Waals surface area contributed by atoms with Crippen LogP contribution in [-0.4, -0.2) is 16.6 Å². The number of hydrogen-bond acceptors (Lipinski definition) is 3. The molecule has 4 heteroatoms. The minimum atomic E-state index is -0.345. The molecule has 0 amide bonds. The second kappa shape index (κ2) is 4.22. The van der Waals surface area contributed by atoms with E-state index < -0.39 is 0 Å². The zero-order chi connectivity index (χ0) is 9.26. The highest BCUT2D eigenvalue weighted by Crippen LogP contribution is 2.38. The summed E-state index contributed by atoms with van der Waals surface area (Å²) in [5, 5.41) is 12.7. The molecule has 2 unspecified atom stereocenters. The average Bonchev–Trinajstić information content (AvgIpc) is 2.72. The van der Waals surface area contributed by atoms with Gasteiger partial charge in [-0.15, -0.1) is 11.3 Å². The van der Waals surface area contributed by atoms with Gasteiger partial charge in [-0.3, -0.25) is 0 Å². The van der Waals surface area contributed by atoms with Crippen LogP contribution in [0.3, 0.4) is 0 Å². The molecule has 2 heterocycles. The standard InChI is InChI=1S/C9H11ClOS2/c10-7-2-4-13-9(7)8(11)6-1-3-12-5-6/h2,4,6,8,11H,1,3,5H2. The molecule has 2 rings (SSSR count). The molecule has 0 aromatic carbocycles. The molecular weight excluding hydrogens is 224 g/mol. The van der Waals surface area contributed by atoms with E-state index in [1.54, 1.807) is 11.3 Å². The van der Waals surface area contributed by atoms with Crippen molar-refractivity contribution >= 4 is 34.7 Å². The van der Waals surface area contributed by atoms with Crippen LogP contribution in [0.5, 0.6) is 0 Å². The lowest BCUT2D eigenvalue weighted by molar-refractivity contribution is 0.125. The fourth-order valence-corrected chi connectivity index (χ4v) is 4.07. The molecular formula is C9H11ClOS2. The summed E-state index contributed by atoms with van der Waals surface area (Å²) in [7, 11) is 0. The fraction of sp³-hybridized carbons (Fsp3) is 0.556. The Labute approximate surface area is 91.1 Å². The molecule has 1 aliphatic heterocycles. The normalized spacial score (nSPS) is 24.9. The molecule has 1 aliphatic rings. The van der Waals surface area contributed by atoms with Crippen LogP contribution in [0.15, 0.2) is 11.4 Å². The zero-order valence-electron chi connectivity index (χ0n) is 7.07. The van der Waals surface area contributed by atoms with Crippen molar-refractivity contribution in [2.75, 3.05) is 11.5 Å². The molecule has 0 saturated carbocycles. The van der Waals surface area contributed by atoms with Crippen molar-refractivity contribution in [1.29, 1.82) is 0 Å². The molecule has 1 N–H and O–H groups in total. The van der Waals surface area contributed by atoms with Gasteiger partial charge in [0.15, 0.2) is 0 Å². The Morgan fingerprint density at radius 1 is 1.62 bits per heavy atom. The second-order valence-electron chi connectivity index (χ2n) is 3.20. The summed E-state index contributed by atoms with van der Waals surface area (Å²) < 4.78 is 0. The van der Waals surface area contributed by atoms with Crippen LogP contribution in [0.25, 0.3) is 0 Å². The van der Waals surface area contributed by atoms with Gasteiger partial charge in [-0.1, -0.05) is 11.6 Å². The number of thiophene rings is 1. The minimum absolute atomic E-state index is 0.345. The zero-order valence-corrected chi connectivity index (χ0v) is 9.46. The summed E-state index contributed by atoms with van der Waals surface area (Å²) in [6, 6.07) is 1.85. The molecule has 72 valence electrons. The van der Waals surface area contributed by atoms with Crippen LogP contribution in [0.4, 0.5) is 0 Å². The molecule has 0 spiro atoms. The lowest BCUT2D eigenvalue weighted by atomic mass is 10.0. The van der Waals surface area contributed by atoms with E-state index in [1.165, 1.54) is 5.75 Å². The van der Waals surface area contributed by atoms with Gasteiger partial charge >= 0.3 is 0 Å². The quantitative estimate of drug-likeness (QED) is 0.848. The van der Waals surface area contributed by atoms with Crippen molar-refractivity contribution in [3.05, 3.63) is 21.3 Å². The summed E-state index contributed by atoms with van der Waals surface area (Å²) in [6.45, 7) is 0. The summed E-state index contributed by atoms with van der Waals surface area (Å²) >= 11 is 9.43. The van der Waals surface area contributed by atoms with Gasteiger partial charge in [0.25, 0.3) is 0 Å². The monoisotopic (exact) mass is 234 g/mol. The smallest absolute Gasteiger partial charge is 0.0933 e. The Morgan fingerprint density at radius 3 is 3.00 bits per heavy atom. The Morgan fingerprint density at radius 2 is 2.46 bits per heavy atom. The molecule has 13 heavy (non-hydrogen) atoms. The Hall–Kier alpha value is 0.300. The number of halogens is 1. The van der Waals surface area contributed by atoms with E-state index >= 15 is 0 Å². The molecule has 1 aromatic heterocycles. The first-order valence-electron chi connectivity index (χ1n) is 4.27. The van der Waals surface area contributed by atoms with E-state index in [9.17, 15) is 5.11 Å². The highest BCUT2D eigenvalue weighted by molar-refractivity contribution is 7.99. The number of aliphatic hydroxyl groups excluding tert-OH is 1. The van der Waals surface area contributed by atoms with Crippen molar-refractivity contribution in [2.45, 2.75) is 12.5 Å². The number of rotatable bonds is 2. The molecule has 2 atom stereocenters. The second-order valence-corrected chi connectivity index (χ2v) is 5.71. The van der Waals surface area contributed by atoms with Crippen LogP contribution >= 0.6 is 34.7 Å². The average molecular weight is 235 g/mol. The Kier molecular flexibility index (Phi) is 3.19. The summed E-state index contributed by atoms with van der Waals surface area (Å²) in [5.41, 5.74) is 0. The SMILES string of the molecule is OC(c1sccc1Cl)C1CCSC1. The first-order valence-corrected chi connectivity index (χ1v) is 6.69. The van der Waals surface area contributed by atoms with Crippen LogP contribution in [0.2, 0.25) is 5.02 Å². The first kappa shape index (κ1) is 9.84. The maximum Gasteiger partial charge on any atom is 0.0933 e. The lowest BCUT2D eigenvalue weighted by Crippen LogP contribution is -2.10. The van der Waals surface area contributed by atoms with Crippen molar-refractivity contribution in [1.82, 2.24) is 0 Å². The van der Waals surface area contributed by atoms with Crippen LogP contribution in [0, 0.1) is 5.92 Å². The topological polar surface area (TPSA) is 20.2 Å². The third kappa shape index (κ3) is 2.04. The summed E-state index contributed by atoms with van der Waals surface area (Å²) in [4.78, 5) is 0.939. The maximum atomic E-state index is 10.0. The molecule has 0 radical (unpaired) electrons. The van der Waals surface area contributed by atoms with Crippen molar-refractivity contribution in [2.24, 2.45) is 5.92 Å². The van der Waals surface area contributed by atoms with Crippen LogP contribution < -0.4 is 0 Å². The van der Waals surface area contributed by atoms with Gasteiger partial charge in [0.05, 0.1) is 16.0 Å². The predicted molar refractivity (Wildman–Crippen MR) is 59.7 cm³/mol. The predicted octanol–water partition coefficient (Wildman–Crippen LogP) is 3.19. The molecule has 1 aromatic rings. The van der Waals surface area contributed by atoms with Crippen molar-refractivity contribution in [3.63, 3.8) is 0 Å². The van der Waals surface area contributed by atoms with E-state index in [2.05, 4.69) is 0 Å². The van der Waals surface area contributed by atoms with E-state index in [4.69, 9.17) is 11.6 Å². The third-order valence-electron chi connectivity index (χ3n) is 2.32. The molecule has 0 aliphatic carbocycles. The minimum Gasteiger partial charge on any atom is -0.387 e. The molecule has 1 fully saturated rings. The number of thioether (sulfide) groups is 1.